The highest BCUT2D eigenvalue weighted by atomic mass is 16.5. The summed E-state index contributed by atoms with van der Waals surface area (Å²) >= 11 is 0. The molecule has 1 amide bonds. The molecule has 0 bridgehead atoms. The Hall–Kier alpha value is -1.71. The molecule has 0 aliphatic carbocycles. The fraction of sp³-hybridized carbons (Fsp3) is 0.364. The van der Waals surface area contributed by atoms with Crippen molar-refractivity contribution in [3.8, 4) is 11.5 Å². The van der Waals surface area contributed by atoms with Crippen LogP contribution in [0.1, 0.15) is 23.7 Å². The topological polar surface area (TPSA) is 61.6 Å². The lowest BCUT2D eigenvalue weighted by molar-refractivity contribution is 0.0996. The van der Waals surface area contributed by atoms with Crippen LogP contribution in [0.25, 0.3) is 0 Å². The van der Waals surface area contributed by atoms with Crippen LogP contribution in [0, 0.1) is 0 Å². The van der Waals surface area contributed by atoms with Crippen molar-refractivity contribution < 1.29 is 14.3 Å². The van der Waals surface area contributed by atoms with Crippen LogP contribution in [0.15, 0.2) is 18.2 Å². The molecule has 0 saturated carbocycles. The second-order valence-corrected chi connectivity index (χ2v) is 3.07. The van der Waals surface area contributed by atoms with Gasteiger partial charge in [-0.15, -0.1) is 0 Å². The van der Waals surface area contributed by atoms with Crippen LogP contribution in [0.4, 0.5) is 0 Å². The summed E-state index contributed by atoms with van der Waals surface area (Å²) in [4.78, 5) is 11.1. The molecule has 15 heavy (non-hydrogen) atoms. The van der Waals surface area contributed by atoms with Crippen LogP contribution in [-0.4, -0.2) is 19.6 Å². The number of carbonyl (C=O) groups excluding carboxylic acids is 1. The molecule has 1 aromatic carbocycles. The molecule has 1 rings (SSSR count). The molecule has 0 aliphatic rings. The van der Waals surface area contributed by atoms with E-state index in [1.54, 1.807) is 18.2 Å². The average molecular weight is 209 g/mol. The van der Waals surface area contributed by atoms with Gasteiger partial charge in [0.1, 0.15) is 11.5 Å². The van der Waals surface area contributed by atoms with Gasteiger partial charge in [-0.3, -0.25) is 4.79 Å². The molecule has 0 aromatic heterocycles. The van der Waals surface area contributed by atoms with Gasteiger partial charge < -0.3 is 15.2 Å². The van der Waals surface area contributed by atoms with Crippen molar-refractivity contribution in [2.45, 2.75) is 13.3 Å². The van der Waals surface area contributed by atoms with E-state index in [9.17, 15) is 4.79 Å². The van der Waals surface area contributed by atoms with Crippen molar-refractivity contribution in [3.05, 3.63) is 23.8 Å². The lowest BCUT2D eigenvalue weighted by Gasteiger charge is -2.09. The Morgan fingerprint density at radius 2 is 2.20 bits per heavy atom. The fourth-order valence-electron chi connectivity index (χ4n) is 1.17. The van der Waals surface area contributed by atoms with Gasteiger partial charge in [-0.1, -0.05) is 6.92 Å². The van der Waals surface area contributed by atoms with Crippen molar-refractivity contribution in [3.63, 3.8) is 0 Å². The van der Waals surface area contributed by atoms with E-state index in [0.717, 1.165) is 6.42 Å². The average Bonchev–Trinajstić information content (AvgIpc) is 2.26. The molecule has 0 saturated heterocycles. The van der Waals surface area contributed by atoms with Gasteiger partial charge in [-0.2, -0.15) is 0 Å². The number of ether oxygens (including phenoxy) is 2. The third kappa shape index (κ3) is 2.87. The molecule has 0 aliphatic heterocycles. The minimum atomic E-state index is -0.514. The molecule has 1 aromatic rings. The number of rotatable bonds is 5. The number of benzene rings is 1. The van der Waals surface area contributed by atoms with E-state index in [0.29, 0.717) is 23.7 Å². The standard InChI is InChI=1S/C11H15NO3/c1-3-6-15-10-5-4-8(14-2)7-9(10)11(12)13/h4-5,7H,3,6H2,1-2H3,(H2,12,13). The predicted molar refractivity (Wildman–Crippen MR) is 57.3 cm³/mol. The smallest absolute Gasteiger partial charge is 0.252 e. The normalized spacial score (nSPS) is 9.73. The van der Waals surface area contributed by atoms with E-state index in [1.165, 1.54) is 7.11 Å². The van der Waals surface area contributed by atoms with E-state index in [4.69, 9.17) is 15.2 Å². The molecular formula is C11H15NO3. The molecule has 0 radical (unpaired) electrons. The number of methoxy groups -OCH3 is 1. The summed E-state index contributed by atoms with van der Waals surface area (Å²) in [6.45, 7) is 2.56. The van der Waals surface area contributed by atoms with Crippen LogP contribution in [0.2, 0.25) is 0 Å². The minimum Gasteiger partial charge on any atom is -0.497 e. The fourth-order valence-corrected chi connectivity index (χ4v) is 1.17. The zero-order valence-corrected chi connectivity index (χ0v) is 8.95. The minimum absolute atomic E-state index is 0.350. The molecule has 82 valence electrons. The molecule has 4 nitrogen and oxygen atoms in total. The van der Waals surface area contributed by atoms with Crippen LogP contribution in [0.5, 0.6) is 11.5 Å². The van der Waals surface area contributed by atoms with Gasteiger partial charge in [0.2, 0.25) is 0 Å². The Balaban J connectivity index is 2.98. The first-order valence-corrected chi connectivity index (χ1v) is 4.79. The molecule has 0 spiro atoms. The first-order chi connectivity index (χ1) is 7.19. The Kier molecular flexibility index (Phi) is 3.97. The first-order valence-electron chi connectivity index (χ1n) is 4.79. The summed E-state index contributed by atoms with van der Waals surface area (Å²) in [5.74, 6) is 0.581. The van der Waals surface area contributed by atoms with Gasteiger partial charge in [-0.05, 0) is 24.6 Å². The van der Waals surface area contributed by atoms with Crippen LogP contribution in [-0.2, 0) is 0 Å². The van der Waals surface area contributed by atoms with E-state index >= 15 is 0 Å². The molecule has 0 heterocycles. The molecule has 0 atom stereocenters. The molecule has 4 heteroatoms. The Labute approximate surface area is 89.0 Å². The number of hydrogen-bond acceptors (Lipinski definition) is 3. The highest BCUT2D eigenvalue weighted by molar-refractivity contribution is 5.96. The maximum atomic E-state index is 11.1. The van der Waals surface area contributed by atoms with Crippen LogP contribution in [0.3, 0.4) is 0 Å². The van der Waals surface area contributed by atoms with Crippen molar-refractivity contribution in [2.75, 3.05) is 13.7 Å². The predicted octanol–water partition coefficient (Wildman–Crippen LogP) is 1.58. The van der Waals surface area contributed by atoms with Gasteiger partial charge in [0.05, 0.1) is 19.3 Å². The monoisotopic (exact) mass is 209 g/mol. The lowest BCUT2D eigenvalue weighted by Crippen LogP contribution is -2.13. The second-order valence-electron chi connectivity index (χ2n) is 3.07. The van der Waals surface area contributed by atoms with Gasteiger partial charge in [0, 0.05) is 0 Å². The number of carbonyl (C=O) groups is 1. The highest BCUT2D eigenvalue weighted by Crippen LogP contribution is 2.23. The van der Waals surface area contributed by atoms with E-state index in [1.807, 2.05) is 6.92 Å². The zero-order chi connectivity index (χ0) is 11.3. The molecular weight excluding hydrogens is 194 g/mol. The highest BCUT2D eigenvalue weighted by Gasteiger charge is 2.10. The lowest BCUT2D eigenvalue weighted by atomic mass is 10.2. The van der Waals surface area contributed by atoms with Gasteiger partial charge in [0.25, 0.3) is 5.91 Å². The summed E-state index contributed by atoms with van der Waals surface area (Å²) in [7, 11) is 1.53. The van der Waals surface area contributed by atoms with Crippen LogP contribution < -0.4 is 15.2 Å². The maximum absolute atomic E-state index is 11.1. The molecule has 2 N–H and O–H groups in total. The summed E-state index contributed by atoms with van der Waals surface area (Å²) in [5, 5.41) is 0. The third-order valence-corrected chi connectivity index (χ3v) is 1.91. The summed E-state index contributed by atoms with van der Waals surface area (Å²) < 4.78 is 10.4. The molecule has 0 fully saturated rings. The number of amides is 1. The number of hydrogen-bond donors (Lipinski definition) is 1. The van der Waals surface area contributed by atoms with Crippen molar-refractivity contribution in [1.29, 1.82) is 0 Å². The second kappa shape index (κ2) is 5.24. The van der Waals surface area contributed by atoms with Crippen LogP contribution >= 0.6 is 0 Å². The van der Waals surface area contributed by atoms with Crippen molar-refractivity contribution in [2.24, 2.45) is 5.73 Å². The Morgan fingerprint density at radius 3 is 2.73 bits per heavy atom. The third-order valence-electron chi connectivity index (χ3n) is 1.91. The quantitative estimate of drug-likeness (QED) is 0.800. The molecule has 0 unspecified atom stereocenters. The number of primary amides is 1. The summed E-state index contributed by atoms with van der Waals surface area (Å²) in [6.07, 6.45) is 0.879. The SMILES string of the molecule is CCCOc1ccc(OC)cc1C(N)=O. The summed E-state index contributed by atoms with van der Waals surface area (Å²) in [5.41, 5.74) is 5.59. The summed E-state index contributed by atoms with van der Waals surface area (Å²) in [6, 6.07) is 5.00. The van der Waals surface area contributed by atoms with Crippen molar-refractivity contribution >= 4 is 5.91 Å². The van der Waals surface area contributed by atoms with Gasteiger partial charge in [0.15, 0.2) is 0 Å². The Morgan fingerprint density at radius 1 is 1.47 bits per heavy atom. The largest absolute Gasteiger partial charge is 0.497 e. The number of nitrogens with two attached hydrogens (primary N) is 1. The maximum Gasteiger partial charge on any atom is 0.252 e. The van der Waals surface area contributed by atoms with E-state index in [-0.39, 0.29) is 0 Å². The van der Waals surface area contributed by atoms with E-state index < -0.39 is 5.91 Å². The Bertz CT molecular complexity index is 350. The van der Waals surface area contributed by atoms with Gasteiger partial charge in [-0.25, -0.2) is 0 Å². The van der Waals surface area contributed by atoms with Crippen molar-refractivity contribution in [1.82, 2.24) is 0 Å². The van der Waals surface area contributed by atoms with Gasteiger partial charge >= 0.3 is 0 Å². The zero-order valence-electron chi connectivity index (χ0n) is 8.95. The first kappa shape index (κ1) is 11.4. The van der Waals surface area contributed by atoms with E-state index in [2.05, 4.69) is 0 Å².